The first-order chi connectivity index (χ1) is 12.5. The van der Waals surface area contributed by atoms with Crippen molar-refractivity contribution in [2.75, 3.05) is 6.54 Å². The molecule has 2 aliphatic heterocycles. The molecule has 2 heterocycles. The maximum atomic E-state index is 13.2. The Morgan fingerprint density at radius 2 is 1.77 bits per heavy atom. The molecule has 3 N–H and O–H groups in total. The maximum Gasteiger partial charge on any atom is 0.312 e. The Morgan fingerprint density at radius 3 is 2.42 bits per heavy atom. The molecule has 2 unspecified atom stereocenters. The minimum absolute atomic E-state index is 0.158. The third-order valence-corrected chi connectivity index (χ3v) is 6.69. The zero-order chi connectivity index (χ0) is 18.3. The fraction of sp³-hybridized carbons (Fsp3) is 0.619. The second kappa shape index (κ2) is 6.93. The normalized spacial score (nSPS) is 30.7. The van der Waals surface area contributed by atoms with Crippen LogP contribution in [0.5, 0.6) is 0 Å². The molecule has 1 aromatic carbocycles. The topological polar surface area (TPSA) is 75.4 Å². The van der Waals surface area contributed by atoms with Gasteiger partial charge < -0.3 is 16.0 Å². The van der Waals surface area contributed by atoms with E-state index in [1.54, 1.807) is 0 Å². The van der Waals surface area contributed by atoms with E-state index < -0.39 is 6.03 Å². The standard InChI is InChI=1S/C21H29N3O2/c1-13-4-2-3-5-18(13)19(23-21(22)26)11-20(25)24-12-16-7-14-6-15(8-16)10-17(24)9-14/h2-5,14-17,19H,6-12H2,1H3,(H3,22,23,26)/t14-,15+,16?,17?,19-/m1/s1. The lowest BCUT2D eigenvalue weighted by Crippen LogP contribution is -2.44. The van der Waals surface area contributed by atoms with Crippen LogP contribution in [0.4, 0.5) is 4.79 Å². The van der Waals surface area contributed by atoms with Crippen molar-refractivity contribution < 1.29 is 9.59 Å². The van der Waals surface area contributed by atoms with Crippen molar-refractivity contribution in [1.82, 2.24) is 10.2 Å². The zero-order valence-corrected chi connectivity index (χ0v) is 15.5. The van der Waals surface area contributed by atoms with Crippen LogP contribution in [0.1, 0.15) is 55.7 Å². The molecule has 5 heteroatoms. The number of nitrogens with zero attached hydrogens (tertiary/aromatic N) is 1. The van der Waals surface area contributed by atoms with Crippen LogP contribution in [0.2, 0.25) is 0 Å². The molecule has 1 aromatic rings. The van der Waals surface area contributed by atoms with E-state index >= 15 is 0 Å². The summed E-state index contributed by atoms with van der Waals surface area (Å²) < 4.78 is 0. The molecule has 0 spiro atoms. The summed E-state index contributed by atoms with van der Waals surface area (Å²) in [6.07, 6.45) is 6.56. The Hall–Kier alpha value is -2.04. The number of hydrogen-bond acceptors (Lipinski definition) is 2. The number of fused-ring (bicyclic) bond motifs is 1. The largest absolute Gasteiger partial charge is 0.352 e. The van der Waals surface area contributed by atoms with Gasteiger partial charge in [0.1, 0.15) is 0 Å². The number of urea groups is 1. The number of aryl methyl sites for hydroxylation is 1. The highest BCUT2D eigenvalue weighted by Crippen LogP contribution is 2.47. The van der Waals surface area contributed by atoms with Gasteiger partial charge in [-0.15, -0.1) is 0 Å². The molecule has 5 rings (SSSR count). The van der Waals surface area contributed by atoms with Gasteiger partial charge in [0.15, 0.2) is 0 Å². The predicted molar refractivity (Wildman–Crippen MR) is 100 cm³/mol. The Morgan fingerprint density at radius 1 is 1.12 bits per heavy atom. The van der Waals surface area contributed by atoms with Gasteiger partial charge in [0.2, 0.25) is 5.91 Å². The van der Waals surface area contributed by atoms with Crippen molar-refractivity contribution in [2.45, 2.75) is 57.5 Å². The van der Waals surface area contributed by atoms with Crippen LogP contribution in [0.25, 0.3) is 0 Å². The molecule has 2 saturated carbocycles. The number of amides is 3. The minimum Gasteiger partial charge on any atom is -0.352 e. The van der Waals surface area contributed by atoms with Crippen LogP contribution in [-0.4, -0.2) is 29.4 Å². The van der Waals surface area contributed by atoms with Crippen molar-refractivity contribution in [3.63, 3.8) is 0 Å². The van der Waals surface area contributed by atoms with Crippen LogP contribution in [0, 0.1) is 24.7 Å². The van der Waals surface area contributed by atoms with E-state index in [2.05, 4.69) is 10.2 Å². The van der Waals surface area contributed by atoms with E-state index in [0.717, 1.165) is 42.3 Å². The molecule has 2 saturated heterocycles. The van der Waals surface area contributed by atoms with Crippen molar-refractivity contribution in [3.05, 3.63) is 35.4 Å². The number of nitrogens with two attached hydrogens (primary N) is 1. The van der Waals surface area contributed by atoms with E-state index in [9.17, 15) is 9.59 Å². The number of nitrogens with one attached hydrogen (secondary N) is 1. The molecule has 5 atom stereocenters. The molecule has 140 valence electrons. The van der Waals surface area contributed by atoms with Gasteiger partial charge in [-0.25, -0.2) is 4.79 Å². The summed E-state index contributed by atoms with van der Waals surface area (Å²) in [4.78, 5) is 26.9. The second-order valence-corrected chi connectivity index (χ2v) is 8.60. The first kappa shape index (κ1) is 17.4. The lowest BCUT2D eigenvalue weighted by molar-refractivity contribution is -0.134. The Balaban J connectivity index is 1.53. The fourth-order valence-electron chi connectivity index (χ4n) is 5.77. The monoisotopic (exact) mass is 355 g/mol. The SMILES string of the molecule is Cc1ccccc1[C@@H](CC(=O)N1CC2C[C@@H]3CC1C[C@H](C2)C3)NC(N)=O. The third kappa shape index (κ3) is 3.44. The lowest BCUT2D eigenvalue weighted by Gasteiger charge is -2.39. The number of primary amides is 1. The third-order valence-electron chi connectivity index (χ3n) is 6.69. The van der Waals surface area contributed by atoms with Crippen LogP contribution in [0.15, 0.2) is 24.3 Å². The van der Waals surface area contributed by atoms with E-state index in [1.807, 2.05) is 31.2 Å². The van der Waals surface area contributed by atoms with Gasteiger partial charge >= 0.3 is 6.03 Å². The highest BCUT2D eigenvalue weighted by molar-refractivity contribution is 5.79. The average Bonchev–Trinajstić information content (AvgIpc) is 2.78. The van der Waals surface area contributed by atoms with Crippen LogP contribution < -0.4 is 11.1 Å². The van der Waals surface area contributed by atoms with E-state index in [4.69, 9.17) is 5.73 Å². The highest BCUT2D eigenvalue weighted by Gasteiger charge is 2.44. The van der Waals surface area contributed by atoms with Crippen molar-refractivity contribution in [3.8, 4) is 0 Å². The second-order valence-electron chi connectivity index (χ2n) is 8.60. The van der Waals surface area contributed by atoms with Gasteiger partial charge in [0.05, 0.1) is 12.5 Å². The Kier molecular flexibility index (Phi) is 4.63. The molecule has 3 amide bonds. The number of carbonyl (C=O) groups excluding carboxylic acids is 2. The smallest absolute Gasteiger partial charge is 0.312 e. The molecule has 26 heavy (non-hydrogen) atoms. The molecule has 0 radical (unpaired) electrons. The summed E-state index contributed by atoms with van der Waals surface area (Å²) in [5.41, 5.74) is 7.43. The molecule has 4 aliphatic rings. The number of benzene rings is 1. The number of rotatable bonds is 4. The van der Waals surface area contributed by atoms with Crippen molar-refractivity contribution >= 4 is 11.9 Å². The molecule has 4 fully saturated rings. The fourth-order valence-corrected chi connectivity index (χ4v) is 5.77. The lowest BCUT2D eigenvalue weighted by atomic mass is 9.68. The molecule has 4 bridgehead atoms. The molecule has 0 aromatic heterocycles. The summed E-state index contributed by atoms with van der Waals surface area (Å²) >= 11 is 0. The first-order valence-corrected chi connectivity index (χ1v) is 9.90. The van der Waals surface area contributed by atoms with Gasteiger partial charge in [0, 0.05) is 12.6 Å². The van der Waals surface area contributed by atoms with E-state index in [-0.39, 0.29) is 18.4 Å². The Labute approximate surface area is 155 Å². The van der Waals surface area contributed by atoms with Crippen LogP contribution in [-0.2, 0) is 4.79 Å². The molecule has 5 nitrogen and oxygen atoms in total. The zero-order valence-electron chi connectivity index (χ0n) is 15.5. The summed E-state index contributed by atoms with van der Waals surface area (Å²) in [5.74, 6) is 2.44. The Bertz CT molecular complexity index is 690. The van der Waals surface area contributed by atoms with Crippen LogP contribution >= 0.6 is 0 Å². The summed E-state index contributed by atoms with van der Waals surface area (Å²) in [6, 6.07) is 7.33. The number of carbonyl (C=O) groups is 2. The van der Waals surface area contributed by atoms with Crippen molar-refractivity contribution in [2.24, 2.45) is 23.5 Å². The number of hydrogen-bond donors (Lipinski definition) is 2. The molecule has 2 aliphatic carbocycles. The molecular weight excluding hydrogens is 326 g/mol. The minimum atomic E-state index is -0.582. The first-order valence-electron chi connectivity index (χ1n) is 9.90. The highest BCUT2D eigenvalue weighted by atomic mass is 16.2. The maximum absolute atomic E-state index is 13.2. The average molecular weight is 355 g/mol. The van der Waals surface area contributed by atoms with Crippen LogP contribution in [0.3, 0.4) is 0 Å². The van der Waals surface area contributed by atoms with Crippen molar-refractivity contribution in [1.29, 1.82) is 0 Å². The van der Waals surface area contributed by atoms with Gasteiger partial charge in [0.25, 0.3) is 0 Å². The van der Waals surface area contributed by atoms with E-state index in [1.165, 1.54) is 19.3 Å². The summed E-state index contributed by atoms with van der Waals surface area (Å²) in [5, 5.41) is 2.79. The van der Waals surface area contributed by atoms with Gasteiger partial charge in [-0.05, 0) is 67.9 Å². The van der Waals surface area contributed by atoms with Gasteiger partial charge in [-0.3, -0.25) is 4.79 Å². The summed E-state index contributed by atoms with van der Waals surface area (Å²) in [7, 11) is 0. The summed E-state index contributed by atoms with van der Waals surface area (Å²) in [6.45, 7) is 2.90. The van der Waals surface area contributed by atoms with Gasteiger partial charge in [-0.1, -0.05) is 24.3 Å². The van der Waals surface area contributed by atoms with Gasteiger partial charge in [-0.2, -0.15) is 0 Å². The predicted octanol–water partition coefficient (Wildman–Crippen LogP) is 3.13. The quantitative estimate of drug-likeness (QED) is 0.871. The van der Waals surface area contributed by atoms with E-state index in [0.29, 0.717) is 12.0 Å². The molecular formula is C21H29N3O2.